The molecule has 1 N–H and O–H groups in total. The molecule has 1 amide bonds. The predicted molar refractivity (Wildman–Crippen MR) is 81.4 cm³/mol. The van der Waals surface area contributed by atoms with Crippen LogP contribution in [0, 0.1) is 0 Å². The lowest BCUT2D eigenvalue weighted by molar-refractivity contribution is -0.131. The fourth-order valence-electron chi connectivity index (χ4n) is 2.68. The van der Waals surface area contributed by atoms with Crippen LogP contribution >= 0.6 is 0 Å². The van der Waals surface area contributed by atoms with E-state index in [1.165, 1.54) is 5.56 Å². The summed E-state index contributed by atoms with van der Waals surface area (Å²) < 4.78 is 26.6. The zero-order valence-corrected chi connectivity index (χ0v) is 12.9. The first-order chi connectivity index (χ1) is 9.99. The standard InChI is InChI=1S/C15H20N2O3S/c1-2-15(18)17-8-7-11-3-4-13(9-12(11)10-17)16-21(19,20)14-5-6-14/h3-4,9,14,16H,2,5-8,10H2,1H3. The highest BCUT2D eigenvalue weighted by atomic mass is 32.2. The molecular formula is C15H20N2O3S. The molecule has 114 valence electrons. The lowest BCUT2D eigenvalue weighted by Crippen LogP contribution is -2.35. The van der Waals surface area contributed by atoms with Crippen molar-refractivity contribution in [2.45, 2.75) is 44.4 Å². The van der Waals surface area contributed by atoms with Crippen molar-refractivity contribution in [3.8, 4) is 0 Å². The number of rotatable bonds is 4. The maximum absolute atomic E-state index is 12.0. The van der Waals surface area contributed by atoms with Crippen molar-refractivity contribution >= 4 is 21.6 Å². The molecule has 2 aliphatic rings. The van der Waals surface area contributed by atoms with Crippen molar-refractivity contribution in [2.24, 2.45) is 0 Å². The lowest BCUT2D eigenvalue weighted by Gasteiger charge is -2.29. The van der Waals surface area contributed by atoms with Crippen LogP contribution in [0.5, 0.6) is 0 Å². The molecule has 0 spiro atoms. The summed E-state index contributed by atoms with van der Waals surface area (Å²) in [5.41, 5.74) is 2.84. The molecule has 1 aliphatic carbocycles. The highest BCUT2D eigenvalue weighted by Gasteiger charge is 2.35. The number of carbonyl (C=O) groups excluding carboxylic acids is 1. The number of benzene rings is 1. The summed E-state index contributed by atoms with van der Waals surface area (Å²) in [6.45, 7) is 3.17. The summed E-state index contributed by atoms with van der Waals surface area (Å²) in [7, 11) is -3.23. The van der Waals surface area contributed by atoms with Crippen LogP contribution in [0.2, 0.25) is 0 Å². The fraction of sp³-hybridized carbons (Fsp3) is 0.533. The first kappa shape index (κ1) is 14.4. The van der Waals surface area contributed by atoms with Gasteiger partial charge in [0.15, 0.2) is 0 Å². The quantitative estimate of drug-likeness (QED) is 0.923. The molecule has 1 fully saturated rings. The summed E-state index contributed by atoms with van der Waals surface area (Å²) >= 11 is 0. The van der Waals surface area contributed by atoms with Crippen LogP contribution in [-0.4, -0.2) is 31.0 Å². The van der Waals surface area contributed by atoms with Gasteiger partial charge >= 0.3 is 0 Å². The number of carbonyl (C=O) groups is 1. The van der Waals surface area contributed by atoms with E-state index in [-0.39, 0.29) is 11.2 Å². The molecule has 3 rings (SSSR count). The Morgan fingerprint density at radius 2 is 2.10 bits per heavy atom. The van der Waals surface area contributed by atoms with Gasteiger partial charge in [0.2, 0.25) is 15.9 Å². The van der Waals surface area contributed by atoms with Gasteiger partial charge in [0.25, 0.3) is 0 Å². The molecule has 0 radical (unpaired) electrons. The van der Waals surface area contributed by atoms with E-state index < -0.39 is 10.0 Å². The van der Waals surface area contributed by atoms with E-state index >= 15 is 0 Å². The number of nitrogens with one attached hydrogen (secondary N) is 1. The normalized spacial score (nSPS) is 18.2. The highest BCUT2D eigenvalue weighted by Crippen LogP contribution is 2.30. The molecule has 1 heterocycles. The zero-order chi connectivity index (χ0) is 15.0. The third-order valence-corrected chi connectivity index (χ3v) is 5.97. The maximum Gasteiger partial charge on any atom is 0.235 e. The van der Waals surface area contributed by atoms with Crippen molar-refractivity contribution in [1.82, 2.24) is 4.90 Å². The van der Waals surface area contributed by atoms with E-state index in [1.54, 1.807) is 0 Å². The summed E-state index contributed by atoms with van der Waals surface area (Å²) in [5, 5.41) is -0.230. The van der Waals surface area contributed by atoms with Crippen molar-refractivity contribution < 1.29 is 13.2 Å². The van der Waals surface area contributed by atoms with E-state index in [4.69, 9.17) is 0 Å². The molecule has 1 aromatic rings. The van der Waals surface area contributed by atoms with E-state index in [1.807, 2.05) is 30.0 Å². The summed E-state index contributed by atoms with van der Waals surface area (Å²) in [6, 6.07) is 5.65. The summed E-state index contributed by atoms with van der Waals surface area (Å²) in [5.74, 6) is 0.143. The first-order valence-electron chi connectivity index (χ1n) is 7.41. The fourth-order valence-corrected chi connectivity index (χ4v) is 4.06. The molecule has 0 saturated heterocycles. The van der Waals surface area contributed by atoms with Crippen molar-refractivity contribution in [3.63, 3.8) is 0 Å². The van der Waals surface area contributed by atoms with Crippen molar-refractivity contribution in [2.75, 3.05) is 11.3 Å². The molecule has 21 heavy (non-hydrogen) atoms. The number of nitrogens with zero attached hydrogens (tertiary/aromatic N) is 1. The predicted octanol–water partition coefficient (Wildman–Crippen LogP) is 1.89. The average Bonchev–Trinajstić information content (AvgIpc) is 3.30. The molecule has 0 atom stereocenters. The van der Waals surface area contributed by atoms with E-state index in [2.05, 4.69) is 4.72 Å². The molecule has 1 saturated carbocycles. The van der Waals surface area contributed by atoms with Gasteiger partial charge in [-0.3, -0.25) is 9.52 Å². The van der Waals surface area contributed by atoms with Gasteiger partial charge in [0, 0.05) is 25.2 Å². The van der Waals surface area contributed by atoms with E-state index in [9.17, 15) is 13.2 Å². The smallest absolute Gasteiger partial charge is 0.235 e. The molecule has 0 aromatic heterocycles. The van der Waals surface area contributed by atoms with Gasteiger partial charge in [0.05, 0.1) is 5.25 Å². The van der Waals surface area contributed by atoms with E-state index in [0.717, 1.165) is 31.4 Å². The minimum atomic E-state index is -3.23. The number of hydrogen-bond acceptors (Lipinski definition) is 3. The Kier molecular flexibility index (Phi) is 3.65. The molecule has 5 nitrogen and oxygen atoms in total. The van der Waals surface area contributed by atoms with Crippen LogP contribution in [0.15, 0.2) is 18.2 Å². The van der Waals surface area contributed by atoms with Crippen molar-refractivity contribution in [3.05, 3.63) is 29.3 Å². The zero-order valence-electron chi connectivity index (χ0n) is 12.1. The minimum absolute atomic E-state index is 0.143. The van der Waals surface area contributed by atoms with Crippen LogP contribution in [0.3, 0.4) is 0 Å². The van der Waals surface area contributed by atoms with Crippen LogP contribution in [0.1, 0.15) is 37.3 Å². The van der Waals surface area contributed by atoms with Crippen LogP contribution in [0.4, 0.5) is 5.69 Å². The molecule has 0 bridgehead atoms. The third-order valence-electron chi connectivity index (χ3n) is 4.10. The van der Waals surface area contributed by atoms with Gasteiger partial charge < -0.3 is 4.90 Å². The molecule has 0 unspecified atom stereocenters. The summed E-state index contributed by atoms with van der Waals surface area (Å²) in [4.78, 5) is 13.6. The Hall–Kier alpha value is -1.56. The SMILES string of the molecule is CCC(=O)N1CCc2ccc(NS(=O)(=O)C3CC3)cc2C1. The Morgan fingerprint density at radius 1 is 1.33 bits per heavy atom. The molecular weight excluding hydrogens is 288 g/mol. The monoisotopic (exact) mass is 308 g/mol. The molecule has 1 aromatic carbocycles. The molecule has 1 aliphatic heterocycles. The summed E-state index contributed by atoms with van der Waals surface area (Å²) in [6.07, 6.45) is 2.83. The van der Waals surface area contributed by atoms with Crippen LogP contribution in [-0.2, 0) is 27.8 Å². The Labute approximate surface area is 125 Å². The Balaban J connectivity index is 1.79. The van der Waals surface area contributed by atoms with Crippen LogP contribution < -0.4 is 4.72 Å². The number of amides is 1. The third kappa shape index (κ3) is 3.05. The first-order valence-corrected chi connectivity index (χ1v) is 8.95. The minimum Gasteiger partial charge on any atom is -0.338 e. The Morgan fingerprint density at radius 3 is 2.76 bits per heavy atom. The topological polar surface area (TPSA) is 66.5 Å². The van der Waals surface area contributed by atoms with Gasteiger partial charge in [-0.25, -0.2) is 8.42 Å². The highest BCUT2D eigenvalue weighted by molar-refractivity contribution is 7.93. The van der Waals surface area contributed by atoms with Gasteiger partial charge in [-0.05, 0) is 42.5 Å². The second-order valence-electron chi connectivity index (χ2n) is 5.75. The van der Waals surface area contributed by atoms with Gasteiger partial charge in [-0.1, -0.05) is 13.0 Å². The van der Waals surface area contributed by atoms with Crippen LogP contribution in [0.25, 0.3) is 0 Å². The van der Waals surface area contributed by atoms with Crippen molar-refractivity contribution in [1.29, 1.82) is 0 Å². The number of hydrogen-bond donors (Lipinski definition) is 1. The largest absolute Gasteiger partial charge is 0.338 e. The number of fused-ring (bicyclic) bond motifs is 1. The Bertz CT molecular complexity index is 665. The number of sulfonamides is 1. The van der Waals surface area contributed by atoms with Gasteiger partial charge in [-0.15, -0.1) is 0 Å². The van der Waals surface area contributed by atoms with E-state index in [0.29, 0.717) is 18.7 Å². The second kappa shape index (κ2) is 5.33. The number of anilines is 1. The maximum atomic E-state index is 12.0. The van der Waals surface area contributed by atoms with Gasteiger partial charge in [0.1, 0.15) is 0 Å². The second-order valence-corrected chi connectivity index (χ2v) is 7.71. The average molecular weight is 308 g/mol. The molecule has 6 heteroatoms. The van der Waals surface area contributed by atoms with Gasteiger partial charge in [-0.2, -0.15) is 0 Å². The lowest BCUT2D eigenvalue weighted by atomic mass is 9.99.